The Hall–Kier alpha value is -2.80. The Balaban J connectivity index is 1.32. The molecule has 1 saturated heterocycles. The summed E-state index contributed by atoms with van der Waals surface area (Å²) in [5.74, 6) is 1.22. The Morgan fingerprint density at radius 2 is 2.04 bits per heavy atom. The van der Waals surface area contributed by atoms with Crippen molar-refractivity contribution in [2.24, 2.45) is 0 Å². The van der Waals surface area contributed by atoms with Gasteiger partial charge in [0.1, 0.15) is 18.5 Å². The molecule has 0 spiro atoms. The third-order valence-electron chi connectivity index (χ3n) is 5.55. The predicted molar refractivity (Wildman–Crippen MR) is 104 cm³/mol. The molecule has 2 aliphatic heterocycles. The third kappa shape index (κ3) is 3.16. The number of piperidine rings is 1. The van der Waals surface area contributed by atoms with E-state index in [-0.39, 0.29) is 23.7 Å². The van der Waals surface area contributed by atoms with Gasteiger partial charge in [0.25, 0.3) is 0 Å². The van der Waals surface area contributed by atoms with Crippen LogP contribution in [0.25, 0.3) is 11.0 Å². The van der Waals surface area contributed by atoms with Crippen LogP contribution in [0.2, 0.25) is 0 Å². The summed E-state index contributed by atoms with van der Waals surface area (Å²) in [7, 11) is 0. The zero-order chi connectivity index (χ0) is 19.1. The summed E-state index contributed by atoms with van der Waals surface area (Å²) < 4.78 is 27.2. The Morgan fingerprint density at radius 3 is 2.93 bits per heavy atom. The van der Waals surface area contributed by atoms with Crippen LogP contribution in [-0.4, -0.2) is 46.8 Å². The van der Waals surface area contributed by atoms with Crippen LogP contribution in [0.3, 0.4) is 0 Å². The molecule has 146 valence electrons. The first-order valence-electron chi connectivity index (χ1n) is 9.68. The van der Waals surface area contributed by atoms with Crippen LogP contribution in [0.1, 0.15) is 18.9 Å². The van der Waals surface area contributed by atoms with Gasteiger partial charge < -0.3 is 14.5 Å². The first-order valence-corrected chi connectivity index (χ1v) is 9.68. The van der Waals surface area contributed by atoms with E-state index in [0.29, 0.717) is 12.1 Å². The van der Waals surface area contributed by atoms with E-state index >= 15 is 0 Å². The number of fused-ring (bicyclic) bond motifs is 2. The van der Waals surface area contributed by atoms with E-state index in [1.54, 1.807) is 10.6 Å². The number of hydrogen-bond donors (Lipinski definition) is 1. The summed E-state index contributed by atoms with van der Waals surface area (Å²) in [6.07, 6.45) is 1.88. The molecule has 2 atom stereocenters. The van der Waals surface area contributed by atoms with E-state index in [0.717, 1.165) is 49.5 Å². The minimum absolute atomic E-state index is 0.0394. The van der Waals surface area contributed by atoms with Crippen molar-refractivity contribution < 1.29 is 13.9 Å². The molecule has 6 nitrogen and oxygen atoms in total. The summed E-state index contributed by atoms with van der Waals surface area (Å²) in [4.78, 5) is 17.6. The molecule has 0 saturated carbocycles. The molecule has 2 aliphatic rings. The number of halogens is 1. The lowest BCUT2D eigenvalue weighted by Gasteiger charge is -2.36. The molecule has 0 radical (unpaired) electrons. The minimum Gasteiger partial charge on any atom is -0.486 e. The van der Waals surface area contributed by atoms with Gasteiger partial charge in [0.15, 0.2) is 11.5 Å². The van der Waals surface area contributed by atoms with Crippen molar-refractivity contribution in [1.82, 2.24) is 14.5 Å². The number of imidazole rings is 1. The number of aromatic nitrogens is 2. The van der Waals surface area contributed by atoms with Crippen LogP contribution < -0.4 is 15.2 Å². The number of nitrogens with one attached hydrogen (secondary N) is 1. The minimum atomic E-state index is -0.346. The Bertz CT molecular complexity index is 1060. The second kappa shape index (κ2) is 6.98. The van der Waals surface area contributed by atoms with Gasteiger partial charge in [-0.2, -0.15) is 0 Å². The lowest BCUT2D eigenvalue weighted by atomic mass is 10.0. The lowest BCUT2D eigenvalue weighted by Crippen LogP contribution is -2.46. The first-order chi connectivity index (χ1) is 13.7. The normalized spacial score (nSPS) is 22.5. The van der Waals surface area contributed by atoms with Crippen molar-refractivity contribution in [2.75, 3.05) is 26.2 Å². The van der Waals surface area contributed by atoms with E-state index in [1.165, 1.54) is 12.1 Å². The molecule has 7 heteroatoms. The van der Waals surface area contributed by atoms with Gasteiger partial charge >= 0.3 is 5.69 Å². The topological polar surface area (TPSA) is 59.5 Å². The molecular weight excluding hydrogens is 361 g/mol. The van der Waals surface area contributed by atoms with Crippen LogP contribution in [0.5, 0.6) is 11.5 Å². The molecule has 0 aliphatic carbocycles. The number of H-pyrrole nitrogens is 1. The Morgan fingerprint density at radius 1 is 1.18 bits per heavy atom. The molecule has 3 heterocycles. The van der Waals surface area contributed by atoms with Gasteiger partial charge in [-0.15, -0.1) is 0 Å². The second-order valence-electron chi connectivity index (χ2n) is 7.51. The largest absolute Gasteiger partial charge is 0.486 e. The van der Waals surface area contributed by atoms with E-state index in [9.17, 15) is 9.18 Å². The molecule has 1 fully saturated rings. The van der Waals surface area contributed by atoms with Gasteiger partial charge in [0.05, 0.1) is 17.1 Å². The quantitative estimate of drug-likeness (QED) is 0.756. The number of rotatable bonds is 3. The van der Waals surface area contributed by atoms with Gasteiger partial charge in [0.2, 0.25) is 0 Å². The maximum absolute atomic E-state index is 13.5. The molecule has 2 unspecified atom stereocenters. The number of likely N-dealkylation sites (tertiary alicyclic amines) is 1. The number of aromatic amines is 1. The molecule has 28 heavy (non-hydrogen) atoms. The van der Waals surface area contributed by atoms with Crippen LogP contribution in [-0.2, 0) is 0 Å². The van der Waals surface area contributed by atoms with Crippen molar-refractivity contribution in [3.8, 4) is 11.5 Å². The molecule has 0 amide bonds. The van der Waals surface area contributed by atoms with Gasteiger partial charge in [0, 0.05) is 13.1 Å². The highest BCUT2D eigenvalue weighted by Crippen LogP contribution is 2.32. The van der Waals surface area contributed by atoms with Crippen molar-refractivity contribution in [3.05, 3.63) is 58.8 Å². The monoisotopic (exact) mass is 383 g/mol. The van der Waals surface area contributed by atoms with Gasteiger partial charge in [-0.1, -0.05) is 12.1 Å². The Labute approximate surface area is 161 Å². The number of benzene rings is 2. The fourth-order valence-electron chi connectivity index (χ4n) is 4.31. The van der Waals surface area contributed by atoms with E-state index < -0.39 is 0 Å². The van der Waals surface area contributed by atoms with Gasteiger partial charge in [-0.05, 0) is 49.7 Å². The standard InChI is InChI=1S/C21H22FN3O3/c22-14-7-8-18-17(10-14)23-21(26)25(18)15-4-3-9-24(11-15)12-16-13-27-19-5-1-2-6-20(19)28-16/h1-2,5-8,10,15-16H,3-4,9,11-13H2,(H,23,26). The fraction of sp³-hybridized carbons (Fsp3) is 0.381. The first kappa shape index (κ1) is 17.3. The maximum Gasteiger partial charge on any atom is 0.326 e. The highest BCUT2D eigenvalue weighted by atomic mass is 19.1. The highest BCUT2D eigenvalue weighted by Gasteiger charge is 2.28. The number of nitrogens with zero attached hydrogens (tertiary/aromatic N) is 2. The maximum atomic E-state index is 13.5. The Kier molecular flexibility index (Phi) is 4.31. The van der Waals surface area contributed by atoms with Gasteiger partial charge in [-0.25, -0.2) is 9.18 Å². The molecule has 2 aromatic carbocycles. The summed E-state index contributed by atoms with van der Waals surface area (Å²) in [5, 5.41) is 0. The van der Waals surface area contributed by atoms with Crippen LogP contribution in [0, 0.1) is 5.82 Å². The average Bonchev–Trinajstić information content (AvgIpc) is 3.03. The predicted octanol–water partition coefficient (Wildman–Crippen LogP) is 2.95. The van der Waals surface area contributed by atoms with Crippen LogP contribution >= 0.6 is 0 Å². The SMILES string of the molecule is O=c1[nH]c2cc(F)ccc2n1C1CCCN(CC2COc3ccccc3O2)C1. The number of para-hydroxylation sites is 2. The van der Waals surface area contributed by atoms with Crippen molar-refractivity contribution in [3.63, 3.8) is 0 Å². The van der Waals surface area contributed by atoms with E-state index in [4.69, 9.17) is 9.47 Å². The van der Waals surface area contributed by atoms with Crippen molar-refractivity contribution in [1.29, 1.82) is 0 Å². The van der Waals surface area contributed by atoms with E-state index in [2.05, 4.69) is 9.88 Å². The summed E-state index contributed by atoms with van der Waals surface area (Å²) >= 11 is 0. The number of ether oxygens (including phenoxy) is 2. The van der Waals surface area contributed by atoms with Crippen LogP contribution in [0.4, 0.5) is 4.39 Å². The average molecular weight is 383 g/mol. The van der Waals surface area contributed by atoms with Gasteiger partial charge in [-0.3, -0.25) is 9.47 Å². The van der Waals surface area contributed by atoms with Crippen molar-refractivity contribution in [2.45, 2.75) is 25.0 Å². The molecular formula is C21H22FN3O3. The lowest BCUT2D eigenvalue weighted by molar-refractivity contribution is 0.0462. The summed E-state index contributed by atoms with van der Waals surface area (Å²) in [6, 6.07) is 12.2. The third-order valence-corrected chi connectivity index (χ3v) is 5.55. The number of hydrogen-bond acceptors (Lipinski definition) is 4. The summed E-state index contributed by atoms with van der Waals surface area (Å²) in [5.41, 5.74) is 1.12. The van der Waals surface area contributed by atoms with Crippen molar-refractivity contribution >= 4 is 11.0 Å². The summed E-state index contributed by atoms with van der Waals surface area (Å²) in [6.45, 7) is 2.98. The molecule has 1 N–H and O–H groups in total. The second-order valence-corrected chi connectivity index (χ2v) is 7.51. The molecule has 0 bridgehead atoms. The van der Waals surface area contributed by atoms with E-state index in [1.807, 2.05) is 24.3 Å². The zero-order valence-electron chi connectivity index (χ0n) is 15.4. The molecule has 5 rings (SSSR count). The van der Waals surface area contributed by atoms with Crippen LogP contribution in [0.15, 0.2) is 47.3 Å². The molecule has 1 aromatic heterocycles. The highest BCUT2D eigenvalue weighted by molar-refractivity contribution is 5.75. The fourth-order valence-corrected chi connectivity index (χ4v) is 4.31. The zero-order valence-corrected chi connectivity index (χ0v) is 15.4. The molecule has 3 aromatic rings. The smallest absolute Gasteiger partial charge is 0.326 e.